The molecule has 168 valence electrons. The third-order valence-electron chi connectivity index (χ3n) is 6.18. The van der Waals surface area contributed by atoms with Crippen LogP contribution in [-0.2, 0) is 13.0 Å². The first kappa shape index (κ1) is 21.1. The van der Waals surface area contributed by atoms with Crippen LogP contribution in [0.3, 0.4) is 0 Å². The number of amides is 1. The van der Waals surface area contributed by atoms with Crippen molar-refractivity contribution >= 4 is 17.2 Å². The minimum Gasteiger partial charge on any atom is -0.481 e. The lowest BCUT2D eigenvalue weighted by Gasteiger charge is -2.33. The zero-order valence-electron chi connectivity index (χ0n) is 17.7. The van der Waals surface area contributed by atoms with E-state index in [0.717, 1.165) is 47.3 Å². The van der Waals surface area contributed by atoms with E-state index in [2.05, 4.69) is 22.7 Å². The maximum Gasteiger partial charge on any atom is 0.261 e. The van der Waals surface area contributed by atoms with E-state index < -0.39 is 11.6 Å². The van der Waals surface area contributed by atoms with E-state index in [1.54, 1.807) is 6.07 Å². The fourth-order valence-electron chi connectivity index (χ4n) is 4.54. The number of benzene rings is 1. The van der Waals surface area contributed by atoms with Gasteiger partial charge in [0.15, 0.2) is 16.7 Å². The van der Waals surface area contributed by atoms with Crippen molar-refractivity contribution in [3.63, 3.8) is 0 Å². The molecule has 9 heteroatoms. The Morgan fingerprint density at radius 3 is 3.03 bits per heavy atom. The summed E-state index contributed by atoms with van der Waals surface area (Å²) in [6.45, 7) is 4.56. The van der Waals surface area contributed by atoms with Crippen molar-refractivity contribution in [3.8, 4) is 16.3 Å². The van der Waals surface area contributed by atoms with Crippen LogP contribution in [0.2, 0.25) is 0 Å². The molecule has 6 nitrogen and oxygen atoms in total. The fraction of sp³-hybridized carbons (Fsp3) is 0.391. The lowest BCUT2D eigenvalue weighted by atomic mass is 9.86. The lowest BCUT2D eigenvalue weighted by molar-refractivity contribution is 0.0928. The number of nitrogens with one attached hydrogen (secondary N) is 2. The standard InChI is InChI=1S/C23H24F2N4O2S/c1-2-13-11-27-29-7-8-31-23-16(21(13)29)10-20(32-23)22(30)28-19-12-26-6-5-15(19)14-3-4-17(24)18(25)9-14/h3-4,9-11,15,19,26H,2,5-8,12H2,1H3,(H,28,30)/t15-,19+/m0/s1. The Bertz CT molecular complexity index is 1160. The Morgan fingerprint density at radius 2 is 2.22 bits per heavy atom. The average molecular weight is 459 g/mol. The molecule has 32 heavy (non-hydrogen) atoms. The molecule has 1 aromatic carbocycles. The number of nitrogens with zero attached hydrogens (tertiary/aromatic N) is 2. The molecule has 1 saturated heterocycles. The summed E-state index contributed by atoms with van der Waals surface area (Å²) < 4.78 is 35.1. The number of rotatable bonds is 4. The first-order valence-electron chi connectivity index (χ1n) is 10.8. The van der Waals surface area contributed by atoms with Gasteiger partial charge in [-0.25, -0.2) is 8.78 Å². The van der Waals surface area contributed by atoms with Gasteiger partial charge in [-0.2, -0.15) is 5.10 Å². The molecule has 2 aliphatic rings. The topological polar surface area (TPSA) is 68.2 Å². The van der Waals surface area contributed by atoms with Crippen molar-refractivity contribution in [1.82, 2.24) is 20.4 Å². The van der Waals surface area contributed by atoms with Crippen LogP contribution in [0.5, 0.6) is 5.06 Å². The van der Waals surface area contributed by atoms with Gasteiger partial charge in [0.05, 0.1) is 28.9 Å². The zero-order valence-corrected chi connectivity index (χ0v) is 18.5. The molecular weight excluding hydrogens is 434 g/mol. The van der Waals surface area contributed by atoms with Crippen molar-refractivity contribution in [3.05, 3.63) is 58.1 Å². The predicted molar refractivity (Wildman–Crippen MR) is 118 cm³/mol. The van der Waals surface area contributed by atoms with Crippen molar-refractivity contribution in [1.29, 1.82) is 0 Å². The molecule has 1 amide bonds. The van der Waals surface area contributed by atoms with Crippen molar-refractivity contribution in [2.75, 3.05) is 19.7 Å². The quantitative estimate of drug-likeness (QED) is 0.625. The molecular formula is C23H24F2N4O2S. The fourth-order valence-corrected chi connectivity index (χ4v) is 5.48. The van der Waals surface area contributed by atoms with Gasteiger partial charge < -0.3 is 15.4 Å². The number of hydrogen-bond acceptors (Lipinski definition) is 5. The van der Waals surface area contributed by atoms with Gasteiger partial charge in [0.25, 0.3) is 5.91 Å². The average Bonchev–Trinajstić information content (AvgIpc) is 3.36. The molecule has 4 heterocycles. The summed E-state index contributed by atoms with van der Waals surface area (Å²) in [6.07, 6.45) is 3.44. The van der Waals surface area contributed by atoms with Gasteiger partial charge in [-0.1, -0.05) is 24.3 Å². The van der Waals surface area contributed by atoms with Gasteiger partial charge in [0.2, 0.25) is 0 Å². The first-order valence-corrected chi connectivity index (χ1v) is 11.6. The van der Waals surface area contributed by atoms with Crippen molar-refractivity contribution in [2.45, 2.75) is 38.3 Å². The normalized spacial score (nSPS) is 20.1. The summed E-state index contributed by atoms with van der Waals surface area (Å²) in [7, 11) is 0. The highest BCUT2D eigenvalue weighted by molar-refractivity contribution is 7.16. The molecule has 0 unspecified atom stereocenters. The largest absolute Gasteiger partial charge is 0.481 e. The predicted octanol–water partition coefficient (Wildman–Crippen LogP) is 3.72. The second-order valence-electron chi connectivity index (χ2n) is 8.11. The van der Waals surface area contributed by atoms with Gasteiger partial charge in [0.1, 0.15) is 6.61 Å². The number of piperidine rings is 1. The summed E-state index contributed by atoms with van der Waals surface area (Å²) in [5, 5.41) is 11.6. The Hall–Kier alpha value is -2.78. The molecule has 0 spiro atoms. The molecule has 2 aromatic heterocycles. The van der Waals surface area contributed by atoms with E-state index in [9.17, 15) is 13.6 Å². The van der Waals surface area contributed by atoms with Crippen LogP contribution >= 0.6 is 11.3 Å². The second-order valence-corrected chi connectivity index (χ2v) is 9.12. The monoisotopic (exact) mass is 458 g/mol. The Labute approximate surface area is 188 Å². The molecule has 0 saturated carbocycles. The molecule has 1 fully saturated rings. The van der Waals surface area contributed by atoms with Crippen molar-refractivity contribution < 1.29 is 18.3 Å². The van der Waals surface area contributed by atoms with Crippen LogP contribution in [0.1, 0.15) is 40.1 Å². The number of hydrogen-bond donors (Lipinski definition) is 2. The minimum absolute atomic E-state index is 0.0996. The van der Waals surface area contributed by atoms with Gasteiger partial charge >= 0.3 is 0 Å². The summed E-state index contributed by atoms with van der Waals surface area (Å²) in [5.41, 5.74) is 3.72. The van der Waals surface area contributed by atoms with E-state index in [4.69, 9.17) is 4.74 Å². The molecule has 0 radical (unpaired) electrons. The zero-order chi connectivity index (χ0) is 22.2. The smallest absolute Gasteiger partial charge is 0.261 e. The molecule has 2 atom stereocenters. The highest BCUT2D eigenvalue weighted by Gasteiger charge is 2.30. The Morgan fingerprint density at radius 1 is 1.34 bits per heavy atom. The highest BCUT2D eigenvalue weighted by atomic mass is 32.1. The van der Waals surface area contributed by atoms with E-state index in [1.807, 2.05) is 16.9 Å². The third-order valence-corrected chi connectivity index (χ3v) is 7.23. The van der Waals surface area contributed by atoms with E-state index in [-0.39, 0.29) is 17.9 Å². The summed E-state index contributed by atoms with van der Waals surface area (Å²) in [5.74, 6) is -2.03. The lowest BCUT2D eigenvalue weighted by Crippen LogP contribution is -2.49. The number of fused-ring (bicyclic) bond motifs is 3. The van der Waals surface area contributed by atoms with E-state index >= 15 is 0 Å². The third kappa shape index (κ3) is 3.80. The Balaban J connectivity index is 1.40. The SMILES string of the molecule is CCc1cnn2c1-c1cc(C(=O)N[C@@H]3CNCC[C@H]3c3ccc(F)c(F)c3)sc1OCC2. The van der Waals surface area contributed by atoms with Crippen LogP contribution in [0.15, 0.2) is 30.5 Å². The molecule has 0 bridgehead atoms. The van der Waals surface area contributed by atoms with Gasteiger partial charge in [-0.3, -0.25) is 9.48 Å². The van der Waals surface area contributed by atoms with Crippen LogP contribution in [-0.4, -0.2) is 41.4 Å². The molecule has 2 N–H and O–H groups in total. The number of carbonyl (C=O) groups is 1. The number of ether oxygens (including phenoxy) is 1. The number of thiophene rings is 1. The number of carbonyl (C=O) groups excluding carboxylic acids is 1. The number of halogens is 2. The number of aromatic nitrogens is 2. The van der Waals surface area contributed by atoms with Crippen LogP contribution in [0.4, 0.5) is 8.78 Å². The van der Waals surface area contributed by atoms with Gasteiger partial charge in [-0.05, 0) is 48.7 Å². The summed E-state index contributed by atoms with van der Waals surface area (Å²) >= 11 is 1.33. The minimum atomic E-state index is -0.867. The summed E-state index contributed by atoms with van der Waals surface area (Å²) in [4.78, 5) is 13.7. The maximum atomic E-state index is 13.8. The first-order chi connectivity index (χ1) is 15.5. The van der Waals surface area contributed by atoms with Gasteiger partial charge in [0, 0.05) is 18.5 Å². The second kappa shape index (κ2) is 8.63. The van der Waals surface area contributed by atoms with E-state index in [1.165, 1.54) is 17.4 Å². The maximum absolute atomic E-state index is 13.8. The molecule has 5 rings (SSSR count). The molecule has 0 aliphatic carbocycles. The van der Waals surface area contributed by atoms with Gasteiger partial charge in [-0.15, -0.1) is 0 Å². The van der Waals surface area contributed by atoms with Crippen molar-refractivity contribution in [2.24, 2.45) is 0 Å². The number of aryl methyl sites for hydroxylation is 1. The molecule has 2 aliphatic heterocycles. The highest BCUT2D eigenvalue weighted by Crippen LogP contribution is 2.41. The van der Waals surface area contributed by atoms with Crippen LogP contribution < -0.4 is 15.4 Å². The summed E-state index contributed by atoms with van der Waals surface area (Å²) in [6, 6.07) is 5.62. The van der Waals surface area contributed by atoms with E-state index in [0.29, 0.717) is 30.1 Å². The Kier molecular flexibility index (Phi) is 5.69. The van der Waals surface area contributed by atoms with Crippen LogP contribution in [0, 0.1) is 11.6 Å². The van der Waals surface area contributed by atoms with Crippen LogP contribution in [0.25, 0.3) is 11.3 Å². The molecule has 3 aromatic rings.